The Labute approximate surface area is 276 Å². The zero-order valence-electron chi connectivity index (χ0n) is 29.3. The van der Waals surface area contributed by atoms with E-state index in [1.165, 1.54) is 38.5 Å². The zero-order valence-corrected chi connectivity index (χ0v) is 29.3. The smallest absolute Gasteiger partial charge is 0.252 e. The highest BCUT2D eigenvalue weighted by atomic mass is 16.5. The topological polar surface area (TPSA) is 105 Å². The van der Waals surface area contributed by atoms with E-state index in [9.17, 15) is 9.90 Å². The van der Waals surface area contributed by atoms with E-state index in [-0.39, 0.29) is 30.6 Å². The first-order valence-corrected chi connectivity index (χ1v) is 17.4. The Morgan fingerprint density at radius 2 is 1.91 bits per heavy atom. The lowest BCUT2D eigenvalue weighted by Gasteiger charge is -2.31. The van der Waals surface area contributed by atoms with E-state index >= 15 is 0 Å². The molecule has 9 nitrogen and oxygen atoms in total. The van der Waals surface area contributed by atoms with Crippen molar-refractivity contribution in [2.24, 2.45) is 44.1 Å². The molecule has 1 saturated heterocycles. The third-order valence-electron chi connectivity index (χ3n) is 10.4. The van der Waals surface area contributed by atoms with Crippen LogP contribution in [0.15, 0.2) is 33.2 Å². The lowest BCUT2D eigenvalue weighted by molar-refractivity contribution is -0.146. The minimum Gasteiger partial charge on any atom is -0.484 e. The average molecular weight is 639 g/mol. The molecule has 2 aliphatic carbocycles. The number of amides is 1. The van der Waals surface area contributed by atoms with Crippen LogP contribution >= 0.6 is 0 Å². The van der Waals surface area contributed by atoms with E-state index < -0.39 is 11.5 Å². The number of unbranched alkanes of at least 4 members (excludes halogenated alkanes) is 2. The van der Waals surface area contributed by atoms with E-state index in [4.69, 9.17) is 19.2 Å². The molecule has 3 fully saturated rings. The number of aliphatic hydroxyl groups is 1. The molecule has 3 aliphatic rings. The number of carbonyl (C=O) groups excluding carboxylic acids is 1. The van der Waals surface area contributed by atoms with Crippen LogP contribution < -0.4 is 4.74 Å². The molecule has 1 aliphatic heterocycles. The Balaban J connectivity index is 1.42. The molecule has 4 rings (SSSR count). The molecule has 0 bridgehead atoms. The van der Waals surface area contributed by atoms with Gasteiger partial charge < -0.3 is 24.2 Å². The summed E-state index contributed by atoms with van der Waals surface area (Å²) in [5, 5.41) is 10.7. The van der Waals surface area contributed by atoms with Crippen LogP contribution in [0.2, 0.25) is 0 Å². The summed E-state index contributed by atoms with van der Waals surface area (Å²) in [4.78, 5) is 28.4. The van der Waals surface area contributed by atoms with Crippen LogP contribution in [0.3, 0.4) is 0 Å². The van der Waals surface area contributed by atoms with Gasteiger partial charge in [0.1, 0.15) is 11.9 Å². The summed E-state index contributed by atoms with van der Waals surface area (Å²) >= 11 is 0. The number of fused-ring (bicyclic) bond motifs is 1. The molecule has 1 aromatic carbocycles. The Hall–Kier alpha value is -2.78. The quantitative estimate of drug-likeness (QED) is 0.117. The number of likely N-dealkylation sites (tertiary alicyclic amines) is 1. The van der Waals surface area contributed by atoms with Crippen LogP contribution in [0.25, 0.3) is 0 Å². The third kappa shape index (κ3) is 9.40. The second kappa shape index (κ2) is 16.4. The molecule has 1 N–H and O–H groups in total. The van der Waals surface area contributed by atoms with Gasteiger partial charge in [-0.3, -0.25) is 19.8 Å². The van der Waals surface area contributed by atoms with Crippen molar-refractivity contribution in [1.29, 1.82) is 0 Å². The van der Waals surface area contributed by atoms with E-state index in [0.717, 1.165) is 42.0 Å². The average Bonchev–Trinajstić information content (AvgIpc) is 3.63. The number of hydrogen-bond donors (Lipinski definition) is 1. The number of benzene rings is 1. The Kier molecular flexibility index (Phi) is 12.8. The summed E-state index contributed by atoms with van der Waals surface area (Å²) in [5.41, 5.74) is 1.79. The van der Waals surface area contributed by atoms with E-state index in [1.807, 2.05) is 52.8 Å². The summed E-state index contributed by atoms with van der Waals surface area (Å²) in [6.07, 6.45) is 8.83. The zero-order chi connectivity index (χ0) is 33.4. The Morgan fingerprint density at radius 3 is 2.54 bits per heavy atom. The molecule has 1 amide bonds. The van der Waals surface area contributed by atoms with Crippen LogP contribution in [-0.2, 0) is 14.3 Å². The molecule has 46 heavy (non-hydrogen) atoms. The molecular formula is C37H58N4O5. The monoisotopic (exact) mass is 638 g/mol. The van der Waals surface area contributed by atoms with Crippen LogP contribution in [-0.4, -0.2) is 85.9 Å². The molecule has 2 saturated carbocycles. The second-order valence-electron chi connectivity index (χ2n) is 14.6. The van der Waals surface area contributed by atoms with Crippen LogP contribution in [0.5, 0.6) is 5.75 Å². The number of carbonyl (C=O) groups is 1. The van der Waals surface area contributed by atoms with E-state index in [2.05, 4.69) is 23.6 Å². The van der Waals surface area contributed by atoms with Gasteiger partial charge in [-0.2, -0.15) is 0 Å². The van der Waals surface area contributed by atoms with Gasteiger partial charge in [0.2, 0.25) is 5.90 Å². The fourth-order valence-electron chi connectivity index (χ4n) is 7.07. The number of ether oxygens (including phenoxy) is 3. The normalized spacial score (nSPS) is 27.0. The van der Waals surface area contributed by atoms with Gasteiger partial charge in [-0.1, -0.05) is 47.0 Å². The fourth-order valence-corrected chi connectivity index (χ4v) is 7.07. The first kappa shape index (κ1) is 36.1. The largest absolute Gasteiger partial charge is 0.484 e. The lowest BCUT2D eigenvalue weighted by Crippen LogP contribution is -2.47. The van der Waals surface area contributed by atoms with Crippen molar-refractivity contribution in [3.63, 3.8) is 0 Å². The van der Waals surface area contributed by atoms with Gasteiger partial charge in [-0.25, -0.2) is 0 Å². The maximum absolute atomic E-state index is 13.2. The van der Waals surface area contributed by atoms with Crippen LogP contribution in [0.4, 0.5) is 11.4 Å². The minimum absolute atomic E-state index is 0.0263. The molecular weight excluding hydrogens is 580 g/mol. The number of rotatable bonds is 16. The molecule has 0 aromatic heterocycles. The van der Waals surface area contributed by atoms with Gasteiger partial charge in [0, 0.05) is 37.3 Å². The van der Waals surface area contributed by atoms with Gasteiger partial charge in [0.25, 0.3) is 5.91 Å². The number of aliphatic hydroxyl groups excluding tert-OH is 1. The third-order valence-corrected chi connectivity index (χ3v) is 10.4. The van der Waals surface area contributed by atoms with Gasteiger partial charge in [-0.05, 0) is 88.0 Å². The first-order chi connectivity index (χ1) is 22.0. The summed E-state index contributed by atoms with van der Waals surface area (Å²) < 4.78 is 17.9. The summed E-state index contributed by atoms with van der Waals surface area (Å²) in [5.74, 6) is 4.09. The highest BCUT2D eigenvalue weighted by Crippen LogP contribution is 2.56. The molecule has 256 valence electrons. The lowest BCUT2D eigenvalue weighted by atomic mass is 9.88. The van der Waals surface area contributed by atoms with Crippen molar-refractivity contribution in [3.05, 3.63) is 18.2 Å². The SMILES string of the molecule is C=Nc1cc(OCC(=NC)OCC)ccc1N=C(CCCCC[C@H]1CCC2CC21)CO[C@H]1CN(C(=O)[C@@H](O)C(C)(C)C)C(C)C1C. The molecule has 9 heteroatoms. The van der Waals surface area contributed by atoms with Gasteiger partial charge in [0.05, 0.1) is 30.7 Å². The molecule has 7 atom stereocenters. The van der Waals surface area contributed by atoms with E-state index in [1.54, 1.807) is 11.9 Å². The Bertz CT molecular complexity index is 1240. The van der Waals surface area contributed by atoms with Crippen molar-refractivity contribution in [1.82, 2.24) is 4.90 Å². The maximum atomic E-state index is 13.2. The standard InChI is InChI=1S/C37H58N4O5/c1-9-44-34(39-8)23-45-29-17-18-31(32(20-29)38-7)40-28(14-12-10-11-13-26-15-16-27-19-30(26)27)22-46-33-21-41(25(3)24(33)2)36(43)35(42)37(4,5)6/h17-18,20,24-27,30,33,35,42H,7,9-16,19,21-23H2,1-6,8H3/t24?,25?,26-,27?,30?,33-,35+/m0/s1. The van der Waals surface area contributed by atoms with Crippen molar-refractivity contribution in [3.8, 4) is 5.75 Å². The highest BCUT2D eigenvalue weighted by molar-refractivity contribution is 5.90. The summed E-state index contributed by atoms with van der Waals surface area (Å²) in [6, 6.07) is 5.59. The summed E-state index contributed by atoms with van der Waals surface area (Å²) in [7, 11) is 1.68. The number of aliphatic imine (C=N–C) groups is 3. The number of hydrogen-bond acceptors (Lipinski definition) is 8. The van der Waals surface area contributed by atoms with Crippen molar-refractivity contribution < 1.29 is 24.1 Å². The Morgan fingerprint density at radius 1 is 1.13 bits per heavy atom. The molecule has 0 spiro atoms. The van der Waals surface area contributed by atoms with Gasteiger partial charge >= 0.3 is 0 Å². The van der Waals surface area contributed by atoms with Crippen molar-refractivity contribution in [2.45, 2.75) is 111 Å². The van der Waals surface area contributed by atoms with Gasteiger partial charge in [-0.15, -0.1) is 0 Å². The first-order valence-electron chi connectivity index (χ1n) is 17.4. The summed E-state index contributed by atoms with van der Waals surface area (Å²) in [6.45, 7) is 17.1. The van der Waals surface area contributed by atoms with Crippen molar-refractivity contribution >= 4 is 35.6 Å². The molecule has 4 unspecified atom stereocenters. The molecule has 1 aromatic rings. The van der Waals surface area contributed by atoms with Crippen LogP contribution in [0, 0.1) is 29.1 Å². The molecule has 1 heterocycles. The predicted octanol–water partition coefficient (Wildman–Crippen LogP) is 7.19. The minimum atomic E-state index is -1.05. The van der Waals surface area contributed by atoms with Crippen molar-refractivity contribution in [2.75, 3.05) is 33.4 Å². The van der Waals surface area contributed by atoms with E-state index in [0.29, 0.717) is 37.1 Å². The highest BCUT2D eigenvalue weighted by Gasteiger charge is 2.47. The van der Waals surface area contributed by atoms with Gasteiger partial charge in [0.15, 0.2) is 6.61 Å². The fraction of sp³-hybridized carbons (Fsp3) is 0.730. The maximum Gasteiger partial charge on any atom is 0.252 e. The molecule has 0 radical (unpaired) electrons. The van der Waals surface area contributed by atoms with Crippen LogP contribution in [0.1, 0.15) is 92.9 Å². The second-order valence-corrected chi connectivity index (χ2v) is 14.6. The number of nitrogens with zero attached hydrogens (tertiary/aromatic N) is 4. The predicted molar refractivity (Wildman–Crippen MR) is 186 cm³/mol.